The van der Waals surface area contributed by atoms with E-state index in [-0.39, 0.29) is 18.7 Å². The molecule has 0 atom stereocenters. The second-order valence-electron chi connectivity index (χ2n) is 4.53. The van der Waals surface area contributed by atoms with E-state index in [4.69, 9.17) is 22.8 Å². The molecule has 1 aromatic carbocycles. The predicted molar refractivity (Wildman–Crippen MR) is 85.7 cm³/mol. The number of carbonyl (C=O) groups excluding carboxylic acids is 1. The Kier molecular flexibility index (Phi) is 5.03. The maximum Gasteiger partial charge on any atom is 0.326 e. The third-order valence-corrected chi connectivity index (χ3v) is 3.28. The Morgan fingerprint density at radius 2 is 2.00 bits per heavy atom. The first-order valence-corrected chi connectivity index (χ1v) is 7.05. The smallest absolute Gasteiger partial charge is 0.326 e. The molecule has 0 saturated heterocycles. The van der Waals surface area contributed by atoms with Gasteiger partial charge in [-0.05, 0) is 36.2 Å². The van der Waals surface area contributed by atoms with Gasteiger partial charge in [0, 0.05) is 11.2 Å². The zero-order chi connectivity index (χ0) is 16.1. The monoisotopic (exact) mass is 315 g/mol. The van der Waals surface area contributed by atoms with Crippen molar-refractivity contribution in [1.29, 1.82) is 0 Å². The fourth-order valence-electron chi connectivity index (χ4n) is 2.00. The minimum absolute atomic E-state index is 0.178. The van der Waals surface area contributed by atoms with Crippen LogP contribution >= 0.6 is 11.6 Å². The third kappa shape index (κ3) is 3.57. The summed E-state index contributed by atoms with van der Waals surface area (Å²) in [6.07, 6.45) is 6.97. The first-order valence-electron chi connectivity index (χ1n) is 6.67. The molecule has 0 spiro atoms. The molecule has 0 saturated carbocycles. The van der Waals surface area contributed by atoms with Crippen LogP contribution in [0.2, 0.25) is 5.02 Å². The number of pyridine rings is 1. The van der Waals surface area contributed by atoms with Gasteiger partial charge < -0.3 is 9.30 Å². The molecule has 112 valence electrons. The molecule has 0 amide bonds. The average Bonchev–Trinajstić information content (AvgIpc) is 2.50. The van der Waals surface area contributed by atoms with Gasteiger partial charge >= 0.3 is 5.97 Å². The number of ether oxygens (including phenoxy) is 1. The van der Waals surface area contributed by atoms with Crippen LogP contribution in [0.25, 0.3) is 11.1 Å². The summed E-state index contributed by atoms with van der Waals surface area (Å²) < 4.78 is 6.13. The summed E-state index contributed by atoms with van der Waals surface area (Å²) in [4.78, 5) is 23.8. The minimum Gasteiger partial charge on any atom is -0.465 e. The highest BCUT2D eigenvalue weighted by Crippen LogP contribution is 2.21. The Hall–Kier alpha value is -2.51. The summed E-state index contributed by atoms with van der Waals surface area (Å²) in [5.41, 5.74) is 1.37. The Balaban J connectivity index is 2.48. The molecule has 0 aliphatic carbocycles. The number of halogens is 1. The number of rotatable bonds is 4. The number of esters is 1. The van der Waals surface area contributed by atoms with E-state index in [9.17, 15) is 9.59 Å². The summed E-state index contributed by atoms with van der Waals surface area (Å²) in [6.45, 7) is 1.78. The first kappa shape index (κ1) is 15.9. The van der Waals surface area contributed by atoms with E-state index in [0.29, 0.717) is 5.02 Å². The highest BCUT2D eigenvalue weighted by Gasteiger charge is 2.10. The van der Waals surface area contributed by atoms with Crippen molar-refractivity contribution in [1.82, 2.24) is 4.57 Å². The summed E-state index contributed by atoms with van der Waals surface area (Å²) in [5, 5.41) is 0.612. The molecular weight excluding hydrogens is 302 g/mol. The van der Waals surface area contributed by atoms with Crippen molar-refractivity contribution >= 4 is 17.6 Å². The van der Waals surface area contributed by atoms with Gasteiger partial charge in [-0.25, -0.2) is 0 Å². The number of carbonyl (C=O) groups is 1. The molecule has 1 aromatic heterocycles. The summed E-state index contributed by atoms with van der Waals surface area (Å²) in [6, 6.07) is 8.74. The second-order valence-corrected chi connectivity index (χ2v) is 4.97. The van der Waals surface area contributed by atoms with Crippen molar-refractivity contribution in [2.45, 2.75) is 13.5 Å². The molecule has 0 aliphatic heterocycles. The van der Waals surface area contributed by atoms with Gasteiger partial charge in [0.2, 0.25) is 0 Å². The van der Waals surface area contributed by atoms with Crippen LogP contribution in [0.1, 0.15) is 12.5 Å². The Morgan fingerprint density at radius 3 is 2.59 bits per heavy atom. The van der Waals surface area contributed by atoms with E-state index in [2.05, 4.69) is 5.92 Å². The number of hydrogen-bond donors (Lipinski definition) is 0. The molecule has 22 heavy (non-hydrogen) atoms. The second kappa shape index (κ2) is 6.97. The topological polar surface area (TPSA) is 48.3 Å². The highest BCUT2D eigenvalue weighted by molar-refractivity contribution is 6.30. The molecule has 4 nitrogen and oxygen atoms in total. The van der Waals surface area contributed by atoms with Gasteiger partial charge in [0.05, 0.1) is 12.2 Å². The molecule has 2 rings (SSSR count). The van der Waals surface area contributed by atoms with Gasteiger partial charge in [0.25, 0.3) is 5.56 Å². The van der Waals surface area contributed by atoms with Crippen LogP contribution in [0.4, 0.5) is 0 Å². The lowest BCUT2D eigenvalue weighted by Gasteiger charge is -2.10. The standard InChI is InChI=1S/C17H14ClNO3/c1-3-12-9-14(13-5-7-15(18)8-6-13)10-19(17(12)21)11-16(20)22-4-2/h1,5-10H,4,11H2,2H3. The number of nitrogens with zero attached hydrogens (tertiary/aromatic N) is 1. The van der Waals surface area contributed by atoms with E-state index in [0.717, 1.165) is 11.1 Å². The molecule has 1 heterocycles. The highest BCUT2D eigenvalue weighted by atomic mass is 35.5. The van der Waals surface area contributed by atoms with E-state index in [1.807, 2.05) is 12.1 Å². The maximum absolute atomic E-state index is 12.2. The van der Waals surface area contributed by atoms with Crippen molar-refractivity contribution in [3.63, 3.8) is 0 Å². The molecule has 0 fully saturated rings. The number of hydrogen-bond acceptors (Lipinski definition) is 3. The molecular formula is C17H14ClNO3. The van der Waals surface area contributed by atoms with Crippen molar-refractivity contribution in [3.05, 3.63) is 57.5 Å². The Morgan fingerprint density at radius 1 is 1.32 bits per heavy atom. The van der Waals surface area contributed by atoms with E-state index < -0.39 is 11.5 Å². The molecule has 5 heteroatoms. The van der Waals surface area contributed by atoms with Crippen LogP contribution < -0.4 is 5.56 Å². The zero-order valence-electron chi connectivity index (χ0n) is 12.0. The Bertz CT molecular complexity index is 785. The van der Waals surface area contributed by atoms with Crippen LogP contribution in [0.3, 0.4) is 0 Å². The lowest BCUT2D eigenvalue weighted by Crippen LogP contribution is -2.26. The third-order valence-electron chi connectivity index (χ3n) is 3.02. The van der Waals surface area contributed by atoms with E-state index in [1.54, 1.807) is 31.3 Å². The van der Waals surface area contributed by atoms with E-state index >= 15 is 0 Å². The van der Waals surface area contributed by atoms with Crippen molar-refractivity contribution < 1.29 is 9.53 Å². The van der Waals surface area contributed by atoms with Gasteiger partial charge in [0.15, 0.2) is 0 Å². The molecule has 0 aliphatic rings. The first-order chi connectivity index (χ1) is 10.5. The van der Waals surface area contributed by atoms with E-state index in [1.165, 1.54) is 4.57 Å². The van der Waals surface area contributed by atoms with Gasteiger partial charge in [-0.1, -0.05) is 29.7 Å². The van der Waals surface area contributed by atoms with Crippen molar-refractivity contribution in [2.24, 2.45) is 0 Å². The number of benzene rings is 1. The van der Waals surface area contributed by atoms with Crippen LogP contribution in [0.5, 0.6) is 0 Å². The lowest BCUT2D eigenvalue weighted by molar-refractivity contribution is -0.143. The van der Waals surface area contributed by atoms with Gasteiger partial charge in [-0.2, -0.15) is 0 Å². The van der Waals surface area contributed by atoms with Gasteiger partial charge in [-0.15, -0.1) is 6.42 Å². The average molecular weight is 316 g/mol. The normalized spacial score (nSPS) is 10.0. The quantitative estimate of drug-likeness (QED) is 0.644. The van der Waals surface area contributed by atoms with Crippen LogP contribution in [0.15, 0.2) is 41.3 Å². The maximum atomic E-state index is 12.2. The molecule has 0 bridgehead atoms. The molecule has 0 unspecified atom stereocenters. The lowest BCUT2D eigenvalue weighted by atomic mass is 10.1. The Labute approximate surface area is 133 Å². The van der Waals surface area contributed by atoms with Crippen LogP contribution in [-0.4, -0.2) is 17.1 Å². The van der Waals surface area contributed by atoms with Gasteiger partial charge in [0.1, 0.15) is 6.54 Å². The van der Waals surface area contributed by atoms with Crippen LogP contribution in [-0.2, 0) is 16.1 Å². The summed E-state index contributed by atoms with van der Waals surface area (Å²) in [5.74, 6) is 1.87. The molecule has 2 aromatic rings. The van der Waals surface area contributed by atoms with Crippen LogP contribution in [0, 0.1) is 12.3 Å². The van der Waals surface area contributed by atoms with Gasteiger partial charge in [-0.3, -0.25) is 9.59 Å². The summed E-state index contributed by atoms with van der Waals surface area (Å²) >= 11 is 5.87. The molecule has 0 radical (unpaired) electrons. The van der Waals surface area contributed by atoms with Crippen molar-refractivity contribution in [2.75, 3.05) is 6.61 Å². The van der Waals surface area contributed by atoms with Crippen molar-refractivity contribution in [3.8, 4) is 23.5 Å². The number of terminal acetylenes is 1. The fraction of sp³-hybridized carbons (Fsp3) is 0.176. The largest absolute Gasteiger partial charge is 0.465 e. The minimum atomic E-state index is -0.485. The predicted octanol–water partition coefficient (Wildman–Crippen LogP) is 2.71. The SMILES string of the molecule is C#Cc1cc(-c2ccc(Cl)cc2)cn(CC(=O)OCC)c1=O. The fourth-order valence-corrected chi connectivity index (χ4v) is 2.13. The zero-order valence-corrected chi connectivity index (χ0v) is 12.8. The number of aromatic nitrogens is 1. The summed E-state index contributed by atoms with van der Waals surface area (Å²) in [7, 11) is 0. The molecule has 0 N–H and O–H groups in total.